The first-order valence-corrected chi connectivity index (χ1v) is 11.1. The number of nitrogens with one attached hydrogen (secondary N) is 1. The fraction of sp³-hybridized carbons (Fsp3) is 0.947. The van der Waals surface area contributed by atoms with Crippen LogP contribution in [0.1, 0.15) is 71.6 Å². The van der Waals surface area contributed by atoms with Crippen LogP contribution in [0.25, 0.3) is 0 Å². The Morgan fingerprint density at radius 2 is 1.61 bits per heavy atom. The standard InChI is InChI=1S/C19H29Br2NO/c1-3-4-15(22-16(23)17(2)11-19(17,20)21)18-8-12-5-13(9-18)7-14(6-12)10-18/h12-15H,3-11H2,1-2H3,(H,22,23)/t12?,13?,14?,15-,17+,18?/m1/s1. The molecule has 1 amide bonds. The van der Waals surface area contributed by atoms with E-state index in [1.165, 1.54) is 38.5 Å². The van der Waals surface area contributed by atoms with Gasteiger partial charge in [-0.05, 0) is 81.5 Å². The van der Waals surface area contributed by atoms with Gasteiger partial charge < -0.3 is 5.32 Å². The van der Waals surface area contributed by atoms with Crippen molar-refractivity contribution in [3.05, 3.63) is 0 Å². The zero-order valence-electron chi connectivity index (χ0n) is 14.3. The number of hydrogen-bond donors (Lipinski definition) is 1. The molecule has 5 saturated carbocycles. The van der Waals surface area contributed by atoms with Crippen molar-refractivity contribution >= 4 is 37.8 Å². The molecule has 1 N–H and O–H groups in total. The highest BCUT2D eigenvalue weighted by Gasteiger charge is 2.67. The lowest BCUT2D eigenvalue weighted by atomic mass is 9.47. The van der Waals surface area contributed by atoms with Crippen LogP contribution >= 0.6 is 31.9 Å². The van der Waals surface area contributed by atoms with Crippen LogP contribution in [0.2, 0.25) is 0 Å². The fourth-order valence-electron chi connectivity index (χ4n) is 6.39. The number of amides is 1. The topological polar surface area (TPSA) is 29.1 Å². The number of carbonyl (C=O) groups excluding carboxylic acids is 1. The van der Waals surface area contributed by atoms with Gasteiger partial charge in [0.1, 0.15) is 0 Å². The lowest BCUT2D eigenvalue weighted by Crippen LogP contribution is -2.57. The van der Waals surface area contributed by atoms with Gasteiger partial charge in [0.2, 0.25) is 5.91 Å². The predicted octanol–water partition coefficient (Wildman–Crippen LogP) is 5.38. The van der Waals surface area contributed by atoms with Gasteiger partial charge in [0.15, 0.2) is 0 Å². The molecule has 5 aliphatic carbocycles. The second kappa shape index (κ2) is 5.46. The van der Waals surface area contributed by atoms with Crippen LogP contribution in [0.15, 0.2) is 0 Å². The van der Waals surface area contributed by atoms with Crippen molar-refractivity contribution in [2.45, 2.75) is 80.9 Å². The minimum Gasteiger partial charge on any atom is -0.352 e. The number of rotatable bonds is 5. The summed E-state index contributed by atoms with van der Waals surface area (Å²) < 4.78 is -0.185. The summed E-state index contributed by atoms with van der Waals surface area (Å²) in [6, 6.07) is 0.390. The number of alkyl halides is 2. The van der Waals surface area contributed by atoms with E-state index in [9.17, 15) is 4.79 Å². The summed E-state index contributed by atoms with van der Waals surface area (Å²) in [6.07, 6.45) is 11.7. The first kappa shape index (κ1) is 16.9. The Kier molecular flexibility index (Phi) is 4.01. The second-order valence-corrected chi connectivity index (χ2v) is 13.1. The summed E-state index contributed by atoms with van der Waals surface area (Å²) in [6.45, 7) is 4.34. The Morgan fingerprint density at radius 1 is 1.13 bits per heavy atom. The van der Waals surface area contributed by atoms with E-state index < -0.39 is 0 Å². The van der Waals surface area contributed by atoms with Gasteiger partial charge in [0.25, 0.3) is 0 Å². The Morgan fingerprint density at radius 3 is 2.00 bits per heavy atom. The van der Waals surface area contributed by atoms with Crippen LogP contribution in [0.5, 0.6) is 0 Å². The third-order valence-electron chi connectivity index (χ3n) is 7.47. The van der Waals surface area contributed by atoms with Crippen molar-refractivity contribution in [2.75, 3.05) is 0 Å². The van der Waals surface area contributed by atoms with E-state index in [0.29, 0.717) is 11.5 Å². The fourth-order valence-corrected chi connectivity index (χ4v) is 7.87. The predicted molar refractivity (Wildman–Crippen MR) is 101 cm³/mol. The highest BCUT2D eigenvalue weighted by Crippen LogP contribution is 2.67. The molecule has 0 spiro atoms. The van der Waals surface area contributed by atoms with Crippen molar-refractivity contribution in [2.24, 2.45) is 28.6 Å². The van der Waals surface area contributed by atoms with Crippen LogP contribution in [-0.2, 0) is 4.79 Å². The van der Waals surface area contributed by atoms with Crippen LogP contribution in [0.3, 0.4) is 0 Å². The molecule has 0 radical (unpaired) electrons. The third kappa shape index (κ3) is 2.65. The molecule has 0 aromatic carbocycles. The van der Waals surface area contributed by atoms with E-state index in [2.05, 4.69) is 51.0 Å². The maximum atomic E-state index is 12.9. The van der Waals surface area contributed by atoms with E-state index in [1.807, 2.05) is 0 Å². The number of halogens is 2. The molecule has 0 saturated heterocycles. The molecule has 0 unspecified atom stereocenters. The van der Waals surface area contributed by atoms with E-state index in [-0.39, 0.29) is 14.6 Å². The van der Waals surface area contributed by atoms with Gasteiger partial charge in [-0.2, -0.15) is 0 Å². The Labute approximate surface area is 157 Å². The number of hydrogen-bond acceptors (Lipinski definition) is 1. The quantitative estimate of drug-likeness (QED) is 0.564. The summed E-state index contributed by atoms with van der Waals surface area (Å²) >= 11 is 7.32. The molecule has 2 nitrogen and oxygen atoms in total. The molecular formula is C19H29Br2NO. The molecule has 0 heterocycles. The highest BCUT2D eigenvalue weighted by atomic mass is 79.9. The lowest BCUT2D eigenvalue weighted by molar-refractivity contribution is -0.131. The van der Waals surface area contributed by atoms with Gasteiger partial charge in [-0.25, -0.2) is 0 Å². The molecule has 23 heavy (non-hydrogen) atoms. The van der Waals surface area contributed by atoms with Gasteiger partial charge in [-0.3, -0.25) is 4.79 Å². The molecule has 0 aliphatic heterocycles. The second-order valence-electron chi connectivity index (χ2n) is 9.31. The normalized spacial score (nSPS) is 47.4. The molecule has 130 valence electrons. The molecule has 4 bridgehead atoms. The average molecular weight is 447 g/mol. The molecule has 0 aromatic heterocycles. The van der Waals surface area contributed by atoms with E-state index in [1.54, 1.807) is 0 Å². The van der Waals surface area contributed by atoms with Gasteiger partial charge in [0.05, 0.1) is 8.65 Å². The molecule has 0 aromatic rings. The van der Waals surface area contributed by atoms with Crippen LogP contribution in [-0.4, -0.2) is 15.2 Å². The summed E-state index contributed by atoms with van der Waals surface area (Å²) in [5, 5.41) is 3.53. The third-order valence-corrected chi connectivity index (χ3v) is 9.78. The van der Waals surface area contributed by atoms with Gasteiger partial charge in [0, 0.05) is 6.04 Å². The van der Waals surface area contributed by atoms with Gasteiger partial charge >= 0.3 is 0 Å². The smallest absolute Gasteiger partial charge is 0.228 e. The largest absolute Gasteiger partial charge is 0.352 e. The Balaban J connectivity index is 1.53. The number of carbonyl (C=O) groups is 1. The average Bonchev–Trinajstić information content (AvgIpc) is 2.97. The maximum absolute atomic E-state index is 12.9. The summed E-state index contributed by atoms with van der Waals surface area (Å²) in [5.41, 5.74) is 0.119. The zero-order valence-corrected chi connectivity index (χ0v) is 17.5. The van der Waals surface area contributed by atoms with Crippen molar-refractivity contribution in [1.82, 2.24) is 5.32 Å². The minimum absolute atomic E-state index is 0.185. The van der Waals surface area contributed by atoms with E-state index in [0.717, 1.165) is 37.0 Å². The zero-order chi connectivity index (χ0) is 16.5. The van der Waals surface area contributed by atoms with Crippen molar-refractivity contribution in [1.29, 1.82) is 0 Å². The lowest BCUT2D eigenvalue weighted by Gasteiger charge is -2.59. The first-order chi connectivity index (χ1) is 10.8. The van der Waals surface area contributed by atoms with E-state index in [4.69, 9.17) is 0 Å². The highest BCUT2D eigenvalue weighted by molar-refractivity contribution is 9.25. The molecular weight excluding hydrogens is 418 g/mol. The van der Waals surface area contributed by atoms with Gasteiger partial charge in [-0.15, -0.1) is 0 Å². The molecule has 5 aliphatic rings. The Bertz CT molecular complexity index is 482. The maximum Gasteiger partial charge on any atom is 0.228 e. The molecule has 5 fully saturated rings. The van der Waals surface area contributed by atoms with E-state index >= 15 is 0 Å². The molecule has 2 atom stereocenters. The summed E-state index contributed by atoms with van der Waals surface area (Å²) in [5.74, 6) is 3.09. The van der Waals surface area contributed by atoms with Crippen LogP contribution in [0, 0.1) is 28.6 Å². The molecule has 4 heteroatoms. The van der Waals surface area contributed by atoms with Crippen molar-refractivity contribution < 1.29 is 4.79 Å². The first-order valence-electron chi connectivity index (χ1n) is 9.47. The SMILES string of the molecule is CCC[C@@H](NC(=O)[C@]1(C)CC1(Br)Br)C12CC3CC(CC(C3)C1)C2. The minimum atomic E-state index is -0.290. The Hall–Kier alpha value is 0.430. The van der Waals surface area contributed by atoms with Crippen LogP contribution in [0.4, 0.5) is 0 Å². The summed E-state index contributed by atoms with van der Waals surface area (Å²) in [4.78, 5) is 12.9. The van der Waals surface area contributed by atoms with Gasteiger partial charge in [-0.1, -0.05) is 45.2 Å². The monoisotopic (exact) mass is 445 g/mol. The van der Waals surface area contributed by atoms with Crippen LogP contribution < -0.4 is 5.32 Å². The van der Waals surface area contributed by atoms with Crippen molar-refractivity contribution in [3.8, 4) is 0 Å². The molecule has 5 rings (SSSR count). The van der Waals surface area contributed by atoms with Crippen molar-refractivity contribution in [3.63, 3.8) is 0 Å². The summed E-state index contributed by atoms with van der Waals surface area (Å²) in [7, 11) is 0.